The molecule has 0 saturated carbocycles. The van der Waals surface area contributed by atoms with Gasteiger partial charge in [-0.3, -0.25) is 4.90 Å². The molecule has 2 rings (SSSR count). The molecule has 1 aromatic rings. The fraction of sp³-hybridized carbons (Fsp3) is 0.600. The van der Waals surface area contributed by atoms with Gasteiger partial charge in [0.2, 0.25) is 0 Å². The van der Waals surface area contributed by atoms with Crippen molar-refractivity contribution in [2.24, 2.45) is 0 Å². The summed E-state index contributed by atoms with van der Waals surface area (Å²) in [5, 5.41) is 3.48. The molecule has 1 saturated heterocycles. The lowest BCUT2D eigenvalue weighted by Gasteiger charge is -2.26. The standard InChI is InChI=1S/C15H23BrN2O2/c1-19-15-4-3-14(16)11-13(15)12-17-5-2-6-18-7-9-20-10-8-18/h3-4,11,17H,2,5-10,12H2,1H3. The van der Waals surface area contributed by atoms with Gasteiger partial charge in [0.15, 0.2) is 0 Å². The van der Waals surface area contributed by atoms with Gasteiger partial charge >= 0.3 is 0 Å². The maximum absolute atomic E-state index is 5.37. The first-order valence-electron chi connectivity index (χ1n) is 7.13. The van der Waals surface area contributed by atoms with Crippen LogP contribution in [-0.2, 0) is 11.3 Å². The number of rotatable bonds is 7. The molecule has 1 aliphatic heterocycles. The van der Waals surface area contributed by atoms with E-state index in [0.29, 0.717) is 0 Å². The lowest BCUT2D eigenvalue weighted by Crippen LogP contribution is -2.37. The Morgan fingerprint density at radius 1 is 1.35 bits per heavy atom. The molecule has 0 unspecified atom stereocenters. The maximum Gasteiger partial charge on any atom is 0.123 e. The van der Waals surface area contributed by atoms with Crippen molar-refractivity contribution in [2.75, 3.05) is 46.5 Å². The molecular weight excluding hydrogens is 320 g/mol. The van der Waals surface area contributed by atoms with Crippen LogP contribution in [0.25, 0.3) is 0 Å². The molecule has 0 radical (unpaired) electrons. The van der Waals surface area contributed by atoms with Crippen LogP contribution in [0.4, 0.5) is 0 Å². The van der Waals surface area contributed by atoms with Crippen LogP contribution < -0.4 is 10.1 Å². The second-order valence-electron chi connectivity index (χ2n) is 4.94. The quantitative estimate of drug-likeness (QED) is 0.770. The summed E-state index contributed by atoms with van der Waals surface area (Å²) in [4.78, 5) is 2.46. The van der Waals surface area contributed by atoms with Gasteiger partial charge in [0, 0.05) is 29.7 Å². The molecule has 0 aromatic heterocycles. The summed E-state index contributed by atoms with van der Waals surface area (Å²) < 4.78 is 11.8. The average Bonchev–Trinajstić information content (AvgIpc) is 2.48. The van der Waals surface area contributed by atoms with Crippen LogP contribution in [0, 0.1) is 0 Å². The van der Waals surface area contributed by atoms with Crippen molar-refractivity contribution in [2.45, 2.75) is 13.0 Å². The zero-order valence-electron chi connectivity index (χ0n) is 12.0. The van der Waals surface area contributed by atoms with Crippen LogP contribution in [0.2, 0.25) is 0 Å². The van der Waals surface area contributed by atoms with Crippen molar-refractivity contribution in [3.63, 3.8) is 0 Å². The molecule has 112 valence electrons. The normalized spacial score (nSPS) is 16.3. The van der Waals surface area contributed by atoms with Crippen molar-refractivity contribution >= 4 is 15.9 Å². The number of methoxy groups -OCH3 is 1. The van der Waals surface area contributed by atoms with Crippen molar-refractivity contribution in [1.82, 2.24) is 10.2 Å². The predicted octanol–water partition coefficient (Wildman–Crippen LogP) is 2.27. The van der Waals surface area contributed by atoms with E-state index in [1.54, 1.807) is 7.11 Å². The Morgan fingerprint density at radius 2 is 2.15 bits per heavy atom. The van der Waals surface area contributed by atoms with E-state index in [9.17, 15) is 0 Å². The summed E-state index contributed by atoms with van der Waals surface area (Å²) >= 11 is 3.50. The van der Waals surface area contributed by atoms with Crippen molar-refractivity contribution in [3.8, 4) is 5.75 Å². The van der Waals surface area contributed by atoms with Gasteiger partial charge in [-0.15, -0.1) is 0 Å². The number of morpholine rings is 1. The molecule has 1 N–H and O–H groups in total. The first-order chi connectivity index (χ1) is 9.79. The van der Waals surface area contributed by atoms with Gasteiger partial charge in [-0.25, -0.2) is 0 Å². The van der Waals surface area contributed by atoms with Gasteiger partial charge in [-0.2, -0.15) is 0 Å². The highest BCUT2D eigenvalue weighted by molar-refractivity contribution is 9.10. The molecule has 20 heavy (non-hydrogen) atoms. The fourth-order valence-corrected chi connectivity index (χ4v) is 2.77. The highest BCUT2D eigenvalue weighted by Crippen LogP contribution is 2.22. The van der Waals surface area contributed by atoms with Crippen LogP contribution >= 0.6 is 15.9 Å². The van der Waals surface area contributed by atoms with Crippen molar-refractivity contribution in [3.05, 3.63) is 28.2 Å². The van der Waals surface area contributed by atoms with E-state index < -0.39 is 0 Å². The molecule has 0 bridgehead atoms. The second-order valence-corrected chi connectivity index (χ2v) is 5.86. The number of nitrogens with zero attached hydrogens (tertiary/aromatic N) is 1. The Morgan fingerprint density at radius 3 is 2.90 bits per heavy atom. The van der Waals surface area contributed by atoms with Gasteiger partial charge in [0.1, 0.15) is 5.75 Å². The molecular formula is C15H23BrN2O2. The first kappa shape index (κ1) is 15.8. The minimum atomic E-state index is 0.839. The van der Waals surface area contributed by atoms with E-state index in [1.165, 1.54) is 5.56 Å². The smallest absolute Gasteiger partial charge is 0.123 e. The van der Waals surface area contributed by atoms with Gasteiger partial charge in [-0.1, -0.05) is 15.9 Å². The summed E-state index contributed by atoms with van der Waals surface area (Å²) in [5.41, 5.74) is 1.19. The van der Waals surface area contributed by atoms with E-state index in [0.717, 1.165) is 62.6 Å². The molecule has 0 atom stereocenters. The Labute approximate surface area is 129 Å². The minimum absolute atomic E-state index is 0.839. The number of ether oxygens (including phenoxy) is 2. The molecule has 0 spiro atoms. The number of benzene rings is 1. The molecule has 1 fully saturated rings. The molecule has 5 heteroatoms. The summed E-state index contributed by atoms with van der Waals surface area (Å²) in [6, 6.07) is 6.10. The summed E-state index contributed by atoms with van der Waals surface area (Å²) in [5.74, 6) is 0.939. The Bertz CT molecular complexity index is 409. The summed E-state index contributed by atoms with van der Waals surface area (Å²) in [6.45, 7) is 6.90. The lowest BCUT2D eigenvalue weighted by molar-refractivity contribution is 0.0374. The highest BCUT2D eigenvalue weighted by Gasteiger charge is 2.09. The van der Waals surface area contributed by atoms with Crippen LogP contribution in [-0.4, -0.2) is 51.4 Å². The Kier molecular flexibility index (Phi) is 6.79. The van der Waals surface area contributed by atoms with E-state index in [1.807, 2.05) is 12.1 Å². The monoisotopic (exact) mass is 342 g/mol. The molecule has 1 aliphatic rings. The largest absolute Gasteiger partial charge is 0.496 e. The fourth-order valence-electron chi connectivity index (χ4n) is 2.36. The Balaban J connectivity index is 1.66. The maximum atomic E-state index is 5.37. The van der Waals surface area contributed by atoms with Crippen LogP contribution in [0.3, 0.4) is 0 Å². The van der Waals surface area contributed by atoms with E-state index in [-0.39, 0.29) is 0 Å². The minimum Gasteiger partial charge on any atom is -0.496 e. The van der Waals surface area contributed by atoms with Gasteiger partial charge in [-0.05, 0) is 37.7 Å². The number of halogens is 1. The summed E-state index contributed by atoms with van der Waals surface area (Å²) in [6.07, 6.45) is 1.16. The zero-order valence-corrected chi connectivity index (χ0v) is 13.6. The van der Waals surface area contributed by atoms with Crippen molar-refractivity contribution in [1.29, 1.82) is 0 Å². The van der Waals surface area contributed by atoms with Gasteiger partial charge in [0.25, 0.3) is 0 Å². The zero-order chi connectivity index (χ0) is 14.2. The van der Waals surface area contributed by atoms with Crippen LogP contribution in [0.1, 0.15) is 12.0 Å². The molecule has 1 heterocycles. The third kappa shape index (κ3) is 5.05. The van der Waals surface area contributed by atoms with Crippen LogP contribution in [0.5, 0.6) is 5.75 Å². The highest BCUT2D eigenvalue weighted by atomic mass is 79.9. The molecule has 1 aromatic carbocycles. The summed E-state index contributed by atoms with van der Waals surface area (Å²) in [7, 11) is 1.71. The number of hydrogen-bond donors (Lipinski definition) is 1. The first-order valence-corrected chi connectivity index (χ1v) is 7.92. The predicted molar refractivity (Wildman–Crippen MR) is 84.3 cm³/mol. The number of nitrogens with one attached hydrogen (secondary N) is 1. The SMILES string of the molecule is COc1ccc(Br)cc1CNCCCN1CCOCC1. The van der Waals surface area contributed by atoms with Crippen LogP contribution in [0.15, 0.2) is 22.7 Å². The van der Waals surface area contributed by atoms with Crippen molar-refractivity contribution < 1.29 is 9.47 Å². The third-order valence-electron chi connectivity index (χ3n) is 3.49. The topological polar surface area (TPSA) is 33.7 Å². The van der Waals surface area contributed by atoms with E-state index >= 15 is 0 Å². The Hall–Kier alpha value is -0.620. The third-order valence-corrected chi connectivity index (χ3v) is 3.98. The van der Waals surface area contributed by atoms with E-state index in [4.69, 9.17) is 9.47 Å². The second kappa shape index (κ2) is 8.62. The molecule has 0 aliphatic carbocycles. The van der Waals surface area contributed by atoms with Gasteiger partial charge < -0.3 is 14.8 Å². The number of hydrogen-bond acceptors (Lipinski definition) is 4. The van der Waals surface area contributed by atoms with E-state index in [2.05, 4.69) is 32.2 Å². The molecule has 0 amide bonds. The molecule has 4 nitrogen and oxygen atoms in total. The van der Waals surface area contributed by atoms with Gasteiger partial charge in [0.05, 0.1) is 20.3 Å². The average molecular weight is 343 g/mol. The lowest BCUT2D eigenvalue weighted by atomic mass is 10.2.